The van der Waals surface area contributed by atoms with Crippen molar-refractivity contribution in [1.82, 2.24) is 14.6 Å². The minimum absolute atomic E-state index is 0.488. The van der Waals surface area contributed by atoms with Gasteiger partial charge < -0.3 is 10.6 Å². The Morgan fingerprint density at radius 2 is 1.81 bits per heavy atom. The van der Waals surface area contributed by atoms with Crippen molar-refractivity contribution < 1.29 is 0 Å². The summed E-state index contributed by atoms with van der Waals surface area (Å²) < 4.78 is 1.98. The van der Waals surface area contributed by atoms with Crippen molar-refractivity contribution in [1.29, 1.82) is 0 Å². The van der Waals surface area contributed by atoms with Crippen LogP contribution in [0.25, 0.3) is 16.9 Å². The molecular formula is C25H29N5S. The molecule has 0 amide bonds. The predicted octanol–water partition coefficient (Wildman–Crippen LogP) is 6.87. The van der Waals surface area contributed by atoms with Gasteiger partial charge in [0.2, 0.25) is 0 Å². The average molecular weight is 432 g/mol. The van der Waals surface area contributed by atoms with E-state index in [0.717, 1.165) is 34.1 Å². The van der Waals surface area contributed by atoms with Crippen molar-refractivity contribution in [2.75, 3.05) is 10.6 Å². The van der Waals surface area contributed by atoms with E-state index in [9.17, 15) is 0 Å². The van der Waals surface area contributed by atoms with Crippen molar-refractivity contribution in [3.05, 3.63) is 57.9 Å². The first-order chi connectivity index (χ1) is 15.1. The second-order valence-corrected chi connectivity index (χ2v) is 9.49. The van der Waals surface area contributed by atoms with Crippen molar-refractivity contribution in [3.8, 4) is 11.3 Å². The molecule has 31 heavy (non-hydrogen) atoms. The summed E-state index contributed by atoms with van der Waals surface area (Å²) >= 11 is 1.69. The summed E-state index contributed by atoms with van der Waals surface area (Å²) in [5.74, 6) is 0.902. The molecule has 1 aromatic carbocycles. The summed E-state index contributed by atoms with van der Waals surface area (Å²) in [6.07, 6.45) is 8.26. The largest absolute Gasteiger partial charge is 0.366 e. The van der Waals surface area contributed by atoms with Gasteiger partial charge in [-0.1, -0.05) is 37.0 Å². The Morgan fingerprint density at radius 3 is 2.52 bits per heavy atom. The Balaban J connectivity index is 1.60. The molecule has 0 spiro atoms. The van der Waals surface area contributed by atoms with E-state index in [1.54, 1.807) is 11.3 Å². The lowest BCUT2D eigenvalue weighted by Crippen LogP contribution is -2.23. The van der Waals surface area contributed by atoms with Crippen LogP contribution in [0.4, 0.5) is 17.2 Å². The molecule has 3 aromatic heterocycles. The number of hydrogen-bond acceptors (Lipinski definition) is 5. The van der Waals surface area contributed by atoms with Crippen molar-refractivity contribution in [3.63, 3.8) is 0 Å². The number of rotatable bonds is 5. The zero-order valence-corrected chi connectivity index (χ0v) is 19.2. The number of aromatic nitrogens is 3. The molecule has 2 N–H and O–H groups in total. The highest BCUT2D eigenvalue weighted by molar-refractivity contribution is 7.08. The molecule has 0 radical (unpaired) electrons. The van der Waals surface area contributed by atoms with E-state index < -0.39 is 0 Å². The molecule has 0 aliphatic heterocycles. The highest BCUT2D eigenvalue weighted by Gasteiger charge is 2.18. The summed E-state index contributed by atoms with van der Waals surface area (Å²) in [5, 5.41) is 16.6. The van der Waals surface area contributed by atoms with E-state index in [0.29, 0.717) is 6.04 Å². The van der Waals surface area contributed by atoms with Crippen LogP contribution in [-0.2, 0) is 0 Å². The molecule has 1 aliphatic carbocycles. The number of benzene rings is 1. The van der Waals surface area contributed by atoms with E-state index >= 15 is 0 Å². The molecule has 3 heterocycles. The van der Waals surface area contributed by atoms with Crippen molar-refractivity contribution in [2.45, 2.75) is 58.9 Å². The normalized spacial score (nSPS) is 14.8. The molecular weight excluding hydrogens is 402 g/mol. The molecule has 0 unspecified atom stereocenters. The Hall–Kier alpha value is -2.86. The quantitative estimate of drug-likeness (QED) is 0.362. The van der Waals surface area contributed by atoms with Crippen LogP contribution in [0.2, 0.25) is 0 Å². The van der Waals surface area contributed by atoms with Crippen molar-refractivity contribution >= 4 is 34.2 Å². The standard InChI is InChI=1S/C25H29N5S/c1-16-11-17(2)24(18(3)12-16)28-21-13-23(27-20-7-5-4-6-8-20)29-30-22(14-26-25(21)30)19-9-10-31-15-19/h9-15,20,28H,4-8H2,1-3H3,(H,27,29). The second kappa shape index (κ2) is 8.35. The Bertz CT molecular complexity index is 1180. The van der Waals surface area contributed by atoms with Gasteiger partial charge in [-0.3, -0.25) is 0 Å². The fraction of sp³-hybridized carbons (Fsp3) is 0.360. The van der Waals surface area contributed by atoms with Crippen LogP contribution in [0, 0.1) is 20.8 Å². The molecule has 6 heteroatoms. The number of fused-ring (bicyclic) bond motifs is 1. The number of thiophene rings is 1. The maximum atomic E-state index is 4.95. The van der Waals surface area contributed by atoms with Gasteiger partial charge in [0.15, 0.2) is 5.65 Å². The Morgan fingerprint density at radius 1 is 1.03 bits per heavy atom. The summed E-state index contributed by atoms with van der Waals surface area (Å²) in [6, 6.07) is 9.17. The number of nitrogens with zero attached hydrogens (tertiary/aromatic N) is 3. The lowest BCUT2D eigenvalue weighted by atomic mass is 9.95. The highest BCUT2D eigenvalue weighted by Crippen LogP contribution is 2.32. The molecule has 5 rings (SSSR count). The third kappa shape index (κ3) is 4.04. The molecule has 0 bridgehead atoms. The van der Waals surface area contributed by atoms with Crippen LogP contribution in [0.1, 0.15) is 48.8 Å². The smallest absolute Gasteiger partial charge is 0.178 e. The van der Waals surface area contributed by atoms with Crippen LogP contribution >= 0.6 is 11.3 Å². The monoisotopic (exact) mass is 431 g/mol. The van der Waals surface area contributed by atoms with E-state index in [4.69, 9.17) is 10.1 Å². The van der Waals surface area contributed by atoms with Crippen LogP contribution in [0.15, 0.2) is 41.2 Å². The van der Waals surface area contributed by atoms with Gasteiger partial charge in [-0.2, -0.15) is 11.3 Å². The summed E-state index contributed by atoms with van der Waals surface area (Å²) in [6.45, 7) is 6.46. The predicted molar refractivity (Wildman–Crippen MR) is 131 cm³/mol. The summed E-state index contributed by atoms with van der Waals surface area (Å²) in [5.41, 5.74) is 8.87. The van der Waals surface area contributed by atoms with Gasteiger partial charge in [-0.05, 0) is 56.2 Å². The maximum Gasteiger partial charge on any atom is 0.178 e. The van der Waals surface area contributed by atoms with Gasteiger partial charge >= 0.3 is 0 Å². The molecule has 0 saturated heterocycles. The van der Waals surface area contributed by atoms with Gasteiger partial charge in [0, 0.05) is 28.7 Å². The van der Waals surface area contributed by atoms with Gasteiger partial charge in [-0.15, -0.1) is 5.10 Å². The maximum absolute atomic E-state index is 4.95. The second-order valence-electron chi connectivity index (χ2n) is 8.71. The Labute approximate surface area is 187 Å². The van der Waals surface area contributed by atoms with Crippen LogP contribution in [0.3, 0.4) is 0 Å². The fourth-order valence-electron chi connectivity index (χ4n) is 4.71. The van der Waals surface area contributed by atoms with Crippen LogP contribution < -0.4 is 10.6 Å². The molecule has 1 saturated carbocycles. The van der Waals surface area contributed by atoms with Crippen LogP contribution in [-0.4, -0.2) is 20.6 Å². The molecule has 1 fully saturated rings. The number of hydrogen-bond donors (Lipinski definition) is 2. The minimum atomic E-state index is 0.488. The van der Waals surface area contributed by atoms with Crippen LogP contribution in [0.5, 0.6) is 0 Å². The number of aryl methyl sites for hydroxylation is 3. The lowest BCUT2D eigenvalue weighted by molar-refractivity contribution is 0.461. The summed E-state index contributed by atoms with van der Waals surface area (Å²) in [4.78, 5) is 4.75. The van der Waals surface area contributed by atoms with E-state index in [1.165, 1.54) is 48.8 Å². The Kier molecular flexibility index (Phi) is 5.40. The summed E-state index contributed by atoms with van der Waals surface area (Å²) in [7, 11) is 0. The molecule has 5 nitrogen and oxygen atoms in total. The molecule has 160 valence electrons. The third-order valence-corrected chi connectivity index (χ3v) is 6.86. The molecule has 0 atom stereocenters. The first kappa shape index (κ1) is 20.1. The number of nitrogens with one attached hydrogen (secondary N) is 2. The van der Waals surface area contributed by atoms with Gasteiger partial charge in [0.05, 0.1) is 17.6 Å². The SMILES string of the molecule is Cc1cc(C)c(Nc2cc(NC3CCCCC3)nn3c(-c4ccsc4)cnc23)c(C)c1. The molecule has 1 aliphatic rings. The fourth-order valence-corrected chi connectivity index (χ4v) is 5.36. The zero-order valence-electron chi connectivity index (χ0n) is 18.4. The average Bonchev–Trinajstić information content (AvgIpc) is 3.41. The molecule has 4 aromatic rings. The van der Waals surface area contributed by atoms with Gasteiger partial charge in [-0.25, -0.2) is 9.50 Å². The highest BCUT2D eigenvalue weighted by atomic mass is 32.1. The van der Waals surface area contributed by atoms with Crippen molar-refractivity contribution in [2.24, 2.45) is 0 Å². The first-order valence-electron chi connectivity index (χ1n) is 11.1. The van der Waals surface area contributed by atoms with E-state index in [2.05, 4.69) is 66.4 Å². The van der Waals surface area contributed by atoms with E-state index in [-0.39, 0.29) is 0 Å². The number of imidazole rings is 1. The first-order valence-corrected chi connectivity index (χ1v) is 12.1. The van der Waals surface area contributed by atoms with Gasteiger partial charge in [0.1, 0.15) is 5.82 Å². The lowest BCUT2D eigenvalue weighted by Gasteiger charge is -2.24. The van der Waals surface area contributed by atoms with Gasteiger partial charge in [0.25, 0.3) is 0 Å². The minimum Gasteiger partial charge on any atom is -0.366 e. The van der Waals surface area contributed by atoms with E-state index in [1.807, 2.05) is 10.7 Å². The third-order valence-electron chi connectivity index (χ3n) is 6.18. The number of anilines is 3. The zero-order chi connectivity index (χ0) is 21.4. The topological polar surface area (TPSA) is 54.2 Å².